The molecule has 0 aromatic rings. The Morgan fingerprint density at radius 2 is 0.919 bits per heavy atom. The second-order valence-corrected chi connectivity index (χ2v) is 15.3. The molecule has 0 amide bonds. The van der Waals surface area contributed by atoms with Crippen molar-refractivity contribution in [3.05, 3.63) is 55.5 Å². The van der Waals surface area contributed by atoms with E-state index in [1.165, 1.54) is 55.2 Å². The molecule has 0 bridgehead atoms. The van der Waals surface area contributed by atoms with Crippen LogP contribution in [0.1, 0.15) is 110 Å². The van der Waals surface area contributed by atoms with Gasteiger partial charge in [0, 0.05) is 0 Å². The molecule has 0 aromatic carbocycles. The van der Waals surface area contributed by atoms with Gasteiger partial charge in [-0.2, -0.15) is 11.4 Å². The number of hydrogen-bond acceptors (Lipinski definition) is 0. The van der Waals surface area contributed by atoms with Crippen LogP contribution >= 0.6 is 0 Å². The fourth-order valence-electron chi connectivity index (χ4n) is 4.53. The van der Waals surface area contributed by atoms with Crippen LogP contribution in [0.4, 0.5) is 0 Å². The molecule has 2 aliphatic carbocycles. The molecule has 0 radical (unpaired) electrons. The summed E-state index contributed by atoms with van der Waals surface area (Å²) in [5.74, 6) is 0.979. The van der Waals surface area contributed by atoms with Crippen molar-refractivity contribution in [3.8, 4) is 0 Å². The van der Waals surface area contributed by atoms with Gasteiger partial charge in [-0.05, 0) is 86.9 Å². The van der Waals surface area contributed by atoms with E-state index in [2.05, 4.69) is 107 Å². The summed E-state index contributed by atoms with van der Waals surface area (Å²) in [5.41, 5.74) is 11.2. The van der Waals surface area contributed by atoms with Gasteiger partial charge in [0.1, 0.15) is 0 Å². The summed E-state index contributed by atoms with van der Waals surface area (Å²) in [4.78, 5) is 0. The monoisotopic (exact) mass is 574 g/mol. The fourth-order valence-corrected chi connectivity index (χ4v) is 5.19. The summed E-state index contributed by atoms with van der Waals surface area (Å²) in [7, 11) is 3.96. The van der Waals surface area contributed by atoms with Crippen LogP contribution in [0.5, 0.6) is 0 Å². The third-order valence-corrected chi connectivity index (χ3v) is 10.7. The molecule has 4 unspecified atom stereocenters. The normalized spacial score (nSPS) is 22.4. The van der Waals surface area contributed by atoms with Gasteiger partial charge in [-0.15, -0.1) is 10.3 Å². The van der Waals surface area contributed by atoms with Crippen molar-refractivity contribution in [1.82, 2.24) is 0 Å². The van der Waals surface area contributed by atoms with E-state index in [0.717, 1.165) is 12.8 Å². The van der Waals surface area contributed by atoms with Gasteiger partial charge < -0.3 is 10.6 Å². The van der Waals surface area contributed by atoms with Crippen molar-refractivity contribution < 1.29 is 19.2 Å². The minimum absolute atomic E-state index is 0.00813. The van der Waals surface area contributed by atoms with Gasteiger partial charge in [0.05, 0.1) is 0 Å². The number of hydrogen-bond donors (Lipinski definition) is 0. The molecule has 2 nitrogen and oxygen atoms in total. The van der Waals surface area contributed by atoms with E-state index >= 15 is 0 Å². The van der Waals surface area contributed by atoms with E-state index in [1.54, 1.807) is 0 Å². The molecule has 0 N–H and O–H groups in total. The molecule has 0 saturated carbocycles. The molecule has 0 aromatic heterocycles. The van der Waals surface area contributed by atoms with Gasteiger partial charge in [0.2, 0.25) is 0 Å². The molecule has 37 heavy (non-hydrogen) atoms. The third-order valence-electron chi connectivity index (χ3n) is 9.15. The van der Waals surface area contributed by atoms with Crippen molar-refractivity contribution >= 4 is 30.0 Å². The summed E-state index contributed by atoms with van der Waals surface area (Å²) in [6.07, 6.45) is 2.15. The molecule has 5 heteroatoms. The summed E-state index contributed by atoms with van der Waals surface area (Å²) >= 11 is 0.500. The quantitative estimate of drug-likeness (QED) is 0.261. The summed E-state index contributed by atoms with van der Waals surface area (Å²) in [5, 5.41) is 17.5. The Morgan fingerprint density at radius 1 is 0.676 bits per heavy atom. The zero-order chi connectivity index (χ0) is 29.5. The van der Waals surface area contributed by atoms with Crippen molar-refractivity contribution in [2.24, 2.45) is 11.8 Å². The minimum atomic E-state index is 0.00813. The van der Waals surface area contributed by atoms with E-state index in [4.69, 9.17) is 10.6 Å². The Labute approximate surface area is 246 Å². The van der Waals surface area contributed by atoms with Gasteiger partial charge in [0.15, 0.2) is 0 Å². The zero-order valence-electron chi connectivity index (χ0n) is 27.4. The Balaban J connectivity index is 0.000000633. The average molecular weight is 575 g/mol. The maximum atomic E-state index is 5.10. The first-order chi connectivity index (χ1) is 16.9. The molecule has 0 fully saturated rings. The predicted molar refractivity (Wildman–Crippen MR) is 175 cm³/mol. The van der Waals surface area contributed by atoms with Gasteiger partial charge in [-0.1, -0.05) is 98.9 Å². The molecule has 208 valence electrons. The first-order valence-electron chi connectivity index (χ1n) is 14.0. The number of nitrogens with zero attached hydrogens (tertiary/aromatic N) is 2. The summed E-state index contributed by atoms with van der Waals surface area (Å²) in [6, 6.07) is 0. The first kappa shape index (κ1) is 36.4. The maximum absolute atomic E-state index is 5.10. The SMILES string of the molecule is CCC(C)([N-]C1=C(C)C(C)=C(C)C1C)C(C)=[SiH2].CCC(C)([N-]C1=C(C)C(C)=C(C)C1C)C(C)=[SiH2].[CH3][Ti+2][CH3]. The van der Waals surface area contributed by atoms with E-state index in [0.29, 0.717) is 31.0 Å². The number of rotatable bonds is 8. The Hall–Kier alpha value is -0.552. The standard InChI is InChI=1S/2C15H26NSi.2CH3.Ti/c2*1-8-15(7,13(6)17)16-14-11(4)9(2)10(3)12(14)5;;;/h2*11H,8,17H2,1-7H3;2*1H3;/q2*-1;;;+2. The molecular weight excluding hydrogens is 516 g/mol. The molecule has 0 heterocycles. The fraction of sp³-hybridized carbons (Fsp3) is 0.688. The topological polar surface area (TPSA) is 28.2 Å². The Bertz CT molecular complexity index is 907. The second kappa shape index (κ2) is 15.3. The molecule has 0 spiro atoms. The second-order valence-electron chi connectivity index (χ2n) is 11.6. The first-order valence-corrected chi connectivity index (χ1v) is 18.6. The van der Waals surface area contributed by atoms with Crippen LogP contribution in [0, 0.1) is 11.8 Å². The van der Waals surface area contributed by atoms with Gasteiger partial charge in [-0.3, -0.25) is 0 Å². The number of allylic oxidation sites excluding steroid dienone is 6. The van der Waals surface area contributed by atoms with Crippen LogP contribution in [-0.4, -0.2) is 41.1 Å². The van der Waals surface area contributed by atoms with Crippen molar-refractivity contribution in [2.45, 2.75) is 131 Å². The van der Waals surface area contributed by atoms with Crippen molar-refractivity contribution in [1.29, 1.82) is 0 Å². The van der Waals surface area contributed by atoms with E-state index < -0.39 is 0 Å². The zero-order valence-corrected chi connectivity index (χ0v) is 31.8. The van der Waals surface area contributed by atoms with Gasteiger partial charge >= 0.3 is 29.6 Å². The summed E-state index contributed by atoms with van der Waals surface area (Å²) in [6.45, 7) is 31.3. The Morgan fingerprint density at radius 3 is 1.05 bits per heavy atom. The Kier molecular flexibility index (Phi) is 15.1. The molecular formula is C32H58N2Si2Ti. The third kappa shape index (κ3) is 8.72. The van der Waals surface area contributed by atoms with Crippen molar-refractivity contribution in [3.63, 3.8) is 0 Å². The van der Waals surface area contributed by atoms with Crippen LogP contribution in [0.2, 0.25) is 10.5 Å². The average Bonchev–Trinajstić information content (AvgIpc) is 3.14. The summed E-state index contributed by atoms with van der Waals surface area (Å²) < 4.78 is 0. The van der Waals surface area contributed by atoms with Gasteiger partial charge in [-0.25, -0.2) is 0 Å². The molecule has 0 saturated heterocycles. The van der Waals surface area contributed by atoms with Crippen LogP contribution in [0.3, 0.4) is 0 Å². The van der Waals surface area contributed by atoms with E-state index in [1.807, 2.05) is 19.7 Å². The van der Waals surface area contributed by atoms with E-state index in [9.17, 15) is 0 Å². The van der Waals surface area contributed by atoms with Crippen LogP contribution in [0.15, 0.2) is 44.8 Å². The van der Waals surface area contributed by atoms with Crippen LogP contribution < -0.4 is 0 Å². The van der Waals surface area contributed by atoms with Crippen molar-refractivity contribution in [2.75, 3.05) is 0 Å². The molecule has 0 aliphatic heterocycles. The molecule has 4 atom stereocenters. The van der Waals surface area contributed by atoms with Gasteiger partial charge in [0.25, 0.3) is 0 Å². The molecule has 2 aliphatic rings. The molecule has 2 rings (SSSR count). The predicted octanol–water partition coefficient (Wildman–Crippen LogP) is 8.39. The van der Waals surface area contributed by atoms with Crippen LogP contribution in [-0.2, 0) is 19.2 Å². The van der Waals surface area contributed by atoms with E-state index in [-0.39, 0.29) is 11.1 Å². The van der Waals surface area contributed by atoms with Crippen LogP contribution in [0.25, 0.3) is 10.6 Å².